The standard InChI is InChI=1S/C17H22N2O7/c18-11(5-9-6-19-12-4-2-1-3-10(9)12)16(23)25-8-17(24)15(22)14(21)13(7-20)26-17/h1-4,6,11,13-15,19-22,24H,5,7-8,18H2/t11-,13+,14+,15+,17+/m0/s1. The number of hydrogen-bond donors (Lipinski definition) is 6. The molecule has 5 atom stereocenters. The second kappa shape index (κ2) is 7.31. The van der Waals surface area contributed by atoms with E-state index in [9.17, 15) is 20.1 Å². The molecule has 3 rings (SSSR count). The number of para-hydroxylation sites is 1. The third kappa shape index (κ3) is 3.45. The van der Waals surface area contributed by atoms with Crippen molar-refractivity contribution in [3.05, 3.63) is 36.0 Å². The summed E-state index contributed by atoms with van der Waals surface area (Å²) >= 11 is 0. The average Bonchev–Trinajstić information content (AvgIpc) is 3.14. The molecular formula is C17H22N2O7. The largest absolute Gasteiger partial charge is 0.459 e. The number of aromatic nitrogens is 1. The molecule has 0 bridgehead atoms. The number of rotatable bonds is 6. The van der Waals surface area contributed by atoms with Gasteiger partial charge in [0.05, 0.1) is 6.61 Å². The molecule has 1 aliphatic heterocycles. The molecule has 2 heterocycles. The lowest BCUT2D eigenvalue weighted by Crippen LogP contribution is -2.48. The molecule has 1 aromatic carbocycles. The molecule has 9 nitrogen and oxygen atoms in total. The van der Waals surface area contributed by atoms with Crippen LogP contribution in [0, 0.1) is 0 Å². The minimum Gasteiger partial charge on any atom is -0.459 e. The molecule has 0 saturated carbocycles. The van der Waals surface area contributed by atoms with Crippen molar-refractivity contribution in [1.82, 2.24) is 4.98 Å². The van der Waals surface area contributed by atoms with Crippen LogP contribution in [-0.2, 0) is 20.7 Å². The Morgan fingerprint density at radius 1 is 1.38 bits per heavy atom. The van der Waals surface area contributed by atoms with Crippen LogP contribution in [0.1, 0.15) is 5.56 Å². The Balaban J connectivity index is 1.59. The minimum absolute atomic E-state index is 0.215. The zero-order chi connectivity index (χ0) is 18.9. The Bertz CT molecular complexity index is 779. The molecule has 26 heavy (non-hydrogen) atoms. The zero-order valence-electron chi connectivity index (χ0n) is 13.9. The van der Waals surface area contributed by atoms with Crippen LogP contribution >= 0.6 is 0 Å². The number of carbonyl (C=O) groups excluding carboxylic acids is 1. The van der Waals surface area contributed by atoms with Gasteiger partial charge in [-0.05, 0) is 11.6 Å². The van der Waals surface area contributed by atoms with E-state index in [4.69, 9.17) is 20.3 Å². The van der Waals surface area contributed by atoms with Crippen LogP contribution in [-0.4, -0.2) is 74.7 Å². The van der Waals surface area contributed by atoms with E-state index < -0.39 is 49.3 Å². The molecule has 142 valence electrons. The maximum atomic E-state index is 12.1. The lowest BCUT2D eigenvalue weighted by Gasteiger charge is -2.25. The predicted octanol–water partition coefficient (Wildman–Crippen LogP) is -1.62. The number of aromatic amines is 1. The Hall–Kier alpha value is -2.01. The first-order valence-corrected chi connectivity index (χ1v) is 8.20. The van der Waals surface area contributed by atoms with E-state index >= 15 is 0 Å². The topological polar surface area (TPSA) is 158 Å². The van der Waals surface area contributed by atoms with Crippen LogP contribution in [0.4, 0.5) is 0 Å². The van der Waals surface area contributed by atoms with Crippen LogP contribution in [0.15, 0.2) is 30.5 Å². The highest BCUT2D eigenvalue weighted by atomic mass is 16.7. The summed E-state index contributed by atoms with van der Waals surface area (Å²) in [5.41, 5.74) is 7.64. The number of benzene rings is 1. The number of aliphatic hydroxyl groups excluding tert-OH is 3. The number of carbonyl (C=O) groups is 1. The average molecular weight is 366 g/mol. The third-order valence-corrected chi connectivity index (χ3v) is 4.54. The van der Waals surface area contributed by atoms with Gasteiger partial charge in [0, 0.05) is 23.5 Å². The number of esters is 1. The molecule has 2 aromatic rings. The van der Waals surface area contributed by atoms with Gasteiger partial charge in [0.2, 0.25) is 5.79 Å². The first-order chi connectivity index (χ1) is 12.4. The maximum Gasteiger partial charge on any atom is 0.323 e. The van der Waals surface area contributed by atoms with Crippen molar-refractivity contribution in [3.8, 4) is 0 Å². The number of H-pyrrole nitrogens is 1. The monoisotopic (exact) mass is 366 g/mol. The van der Waals surface area contributed by atoms with Crippen molar-refractivity contribution in [2.75, 3.05) is 13.2 Å². The van der Waals surface area contributed by atoms with E-state index in [1.165, 1.54) is 0 Å². The lowest BCUT2D eigenvalue weighted by atomic mass is 10.1. The van der Waals surface area contributed by atoms with Crippen LogP contribution in [0.3, 0.4) is 0 Å². The Kier molecular flexibility index (Phi) is 5.28. The van der Waals surface area contributed by atoms with Crippen molar-refractivity contribution in [2.24, 2.45) is 5.73 Å². The Morgan fingerprint density at radius 3 is 2.81 bits per heavy atom. The van der Waals surface area contributed by atoms with E-state index in [0.29, 0.717) is 0 Å². The molecule has 1 aromatic heterocycles. The summed E-state index contributed by atoms with van der Waals surface area (Å²) < 4.78 is 9.96. The third-order valence-electron chi connectivity index (χ3n) is 4.54. The number of hydrogen-bond acceptors (Lipinski definition) is 8. The van der Waals surface area contributed by atoms with Gasteiger partial charge in [0.25, 0.3) is 0 Å². The molecule has 1 aliphatic rings. The summed E-state index contributed by atoms with van der Waals surface area (Å²) in [7, 11) is 0. The summed E-state index contributed by atoms with van der Waals surface area (Å²) in [5, 5.41) is 39.7. The highest BCUT2D eigenvalue weighted by Crippen LogP contribution is 2.29. The van der Waals surface area contributed by atoms with Gasteiger partial charge in [-0.1, -0.05) is 18.2 Å². The smallest absolute Gasteiger partial charge is 0.323 e. The second-order valence-corrected chi connectivity index (χ2v) is 6.40. The molecule has 0 amide bonds. The Labute approximate surface area is 149 Å². The summed E-state index contributed by atoms with van der Waals surface area (Å²) in [6.45, 7) is -1.32. The molecule has 7 N–H and O–H groups in total. The Morgan fingerprint density at radius 2 is 2.12 bits per heavy atom. The predicted molar refractivity (Wildman–Crippen MR) is 89.9 cm³/mol. The lowest BCUT2D eigenvalue weighted by molar-refractivity contribution is -0.253. The van der Waals surface area contributed by atoms with Crippen molar-refractivity contribution < 1.29 is 34.7 Å². The van der Waals surface area contributed by atoms with Crippen LogP contribution in [0.5, 0.6) is 0 Å². The van der Waals surface area contributed by atoms with Crippen LogP contribution < -0.4 is 5.73 Å². The van der Waals surface area contributed by atoms with Crippen molar-refractivity contribution in [3.63, 3.8) is 0 Å². The molecule has 0 aliphatic carbocycles. The number of ether oxygens (including phenoxy) is 2. The first-order valence-electron chi connectivity index (χ1n) is 8.20. The van der Waals surface area contributed by atoms with Gasteiger partial charge in [-0.25, -0.2) is 0 Å². The summed E-state index contributed by atoms with van der Waals surface area (Å²) in [4.78, 5) is 15.2. The molecular weight excluding hydrogens is 344 g/mol. The van der Waals surface area contributed by atoms with Gasteiger partial charge in [-0.2, -0.15) is 0 Å². The number of nitrogens with one attached hydrogen (secondary N) is 1. The van der Waals surface area contributed by atoms with Gasteiger partial charge in [-0.3, -0.25) is 4.79 Å². The van der Waals surface area contributed by atoms with E-state index in [1.54, 1.807) is 6.20 Å². The molecule has 0 spiro atoms. The van der Waals surface area contributed by atoms with E-state index in [2.05, 4.69) is 4.98 Å². The second-order valence-electron chi connectivity index (χ2n) is 6.40. The van der Waals surface area contributed by atoms with Crippen LogP contribution in [0.25, 0.3) is 10.9 Å². The fraction of sp³-hybridized carbons (Fsp3) is 0.471. The highest BCUT2D eigenvalue weighted by molar-refractivity contribution is 5.84. The molecule has 9 heteroatoms. The van der Waals surface area contributed by atoms with Crippen molar-refractivity contribution >= 4 is 16.9 Å². The van der Waals surface area contributed by atoms with Gasteiger partial charge >= 0.3 is 5.97 Å². The number of fused-ring (bicyclic) bond motifs is 1. The summed E-state index contributed by atoms with van der Waals surface area (Å²) in [6, 6.07) is 6.58. The van der Waals surface area contributed by atoms with Crippen molar-refractivity contribution in [1.29, 1.82) is 0 Å². The summed E-state index contributed by atoms with van der Waals surface area (Å²) in [5.74, 6) is -3.09. The molecule has 1 fully saturated rings. The quantitative estimate of drug-likeness (QED) is 0.333. The molecule has 1 saturated heterocycles. The van der Waals surface area contributed by atoms with Gasteiger partial charge < -0.3 is 40.6 Å². The highest BCUT2D eigenvalue weighted by Gasteiger charge is 2.54. The van der Waals surface area contributed by atoms with Gasteiger partial charge in [-0.15, -0.1) is 0 Å². The van der Waals surface area contributed by atoms with Crippen LogP contribution in [0.2, 0.25) is 0 Å². The van der Waals surface area contributed by atoms with Gasteiger partial charge in [0.1, 0.15) is 31.0 Å². The number of nitrogens with two attached hydrogens (primary N) is 1. The minimum atomic E-state index is -2.30. The fourth-order valence-electron chi connectivity index (χ4n) is 3.04. The molecule has 0 radical (unpaired) electrons. The number of aliphatic hydroxyl groups is 4. The molecule has 0 unspecified atom stereocenters. The normalized spacial score (nSPS) is 29.8. The van der Waals surface area contributed by atoms with Crippen molar-refractivity contribution in [2.45, 2.75) is 36.6 Å². The zero-order valence-corrected chi connectivity index (χ0v) is 13.9. The van der Waals surface area contributed by atoms with E-state index in [1.807, 2.05) is 24.3 Å². The van der Waals surface area contributed by atoms with E-state index in [-0.39, 0.29) is 6.42 Å². The van der Waals surface area contributed by atoms with E-state index in [0.717, 1.165) is 16.5 Å². The fourth-order valence-corrected chi connectivity index (χ4v) is 3.04. The first kappa shape index (κ1) is 18.8. The SMILES string of the molecule is N[C@@H](Cc1c[nH]c2ccccc12)C(=O)OC[C@@]1(O)O[C@H](CO)[C@@H](O)[C@H]1O. The van der Waals surface area contributed by atoms with Gasteiger partial charge in [0.15, 0.2) is 0 Å². The summed E-state index contributed by atoms with van der Waals surface area (Å²) in [6.07, 6.45) is -2.42. The maximum absolute atomic E-state index is 12.1.